The number of nitrogens with zero attached hydrogens (tertiary/aromatic N) is 1. The first kappa shape index (κ1) is 20.3. The summed E-state index contributed by atoms with van der Waals surface area (Å²) >= 11 is 5.98. The zero-order chi connectivity index (χ0) is 21.2. The molecule has 1 heterocycles. The van der Waals surface area contributed by atoms with Crippen molar-refractivity contribution in [2.24, 2.45) is 10.7 Å². The number of primary amides is 1. The Hall–Kier alpha value is -3.43. The number of carbonyl (C=O) groups excluding carboxylic acids is 3. The molecule has 1 aliphatic rings. The summed E-state index contributed by atoms with van der Waals surface area (Å²) in [5.74, 6) is -1.82. The Labute approximate surface area is 171 Å². The minimum absolute atomic E-state index is 0.0276. The summed E-state index contributed by atoms with van der Waals surface area (Å²) in [7, 11) is 1.43. The molecule has 0 bridgehead atoms. The second kappa shape index (κ2) is 7.90. The van der Waals surface area contributed by atoms with Gasteiger partial charge in [-0.3, -0.25) is 24.7 Å². The zero-order valence-electron chi connectivity index (χ0n) is 15.3. The maximum absolute atomic E-state index is 12.4. The number of halogens is 1. The van der Waals surface area contributed by atoms with E-state index in [9.17, 15) is 19.5 Å². The minimum Gasteiger partial charge on any atom is -0.508 e. The van der Waals surface area contributed by atoms with E-state index >= 15 is 0 Å². The first-order chi connectivity index (χ1) is 13.8. The van der Waals surface area contributed by atoms with Crippen LogP contribution in [0, 0.1) is 0 Å². The van der Waals surface area contributed by atoms with Crippen LogP contribution in [0.2, 0.25) is 5.02 Å². The molecule has 10 heteroatoms. The van der Waals surface area contributed by atoms with E-state index in [1.807, 2.05) is 0 Å². The molecular weight excluding hydrogens is 398 g/mol. The third-order valence-electron chi connectivity index (χ3n) is 4.52. The summed E-state index contributed by atoms with van der Waals surface area (Å²) < 4.78 is 0. The van der Waals surface area contributed by atoms with Crippen molar-refractivity contribution in [1.29, 1.82) is 0 Å². The fourth-order valence-corrected chi connectivity index (χ4v) is 3.34. The van der Waals surface area contributed by atoms with Gasteiger partial charge in [-0.1, -0.05) is 23.7 Å². The Morgan fingerprint density at radius 2 is 1.86 bits per heavy atom. The Balaban J connectivity index is 1.87. The Kier molecular flexibility index (Phi) is 5.53. The highest BCUT2D eigenvalue weighted by atomic mass is 35.5. The van der Waals surface area contributed by atoms with Crippen LogP contribution in [-0.4, -0.2) is 42.3 Å². The molecule has 0 saturated carbocycles. The Morgan fingerprint density at radius 3 is 2.45 bits per heavy atom. The van der Waals surface area contributed by atoms with Crippen LogP contribution in [0.1, 0.15) is 15.9 Å². The number of hydrogen-bond donors (Lipinski definition) is 5. The van der Waals surface area contributed by atoms with Crippen molar-refractivity contribution in [1.82, 2.24) is 10.6 Å². The second-order valence-electron chi connectivity index (χ2n) is 6.23. The standard InChI is InChI=1S/C19H18ClN5O4/c1-22-17(28)15-19(18(21)29,24-9-23-15)10-2-4-11(5-3-10)25-16(27)13-7-6-12(26)8-14(13)20/h2-8,24,26H,9H2,1H3,(H2,21,29)(H,22,28)(H,25,27). The molecule has 0 saturated heterocycles. The highest BCUT2D eigenvalue weighted by Gasteiger charge is 2.49. The monoisotopic (exact) mass is 415 g/mol. The number of aliphatic imine (C=N–C) groups is 1. The van der Waals surface area contributed by atoms with E-state index in [-0.39, 0.29) is 28.7 Å². The largest absolute Gasteiger partial charge is 0.508 e. The van der Waals surface area contributed by atoms with Crippen molar-refractivity contribution in [3.63, 3.8) is 0 Å². The van der Waals surface area contributed by atoms with E-state index in [1.54, 1.807) is 24.3 Å². The number of hydrogen-bond acceptors (Lipinski definition) is 6. The summed E-state index contributed by atoms with van der Waals surface area (Å²) in [5, 5.41) is 17.5. The van der Waals surface area contributed by atoms with Crippen LogP contribution >= 0.6 is 11.6 Å². The van der Waals surface area contributed by atoms with Crippen molar-refractivity contribution in [2.45, 2.75) is 5.54 Å². The SMILES string of the molecule is CNC(=O)C1=NCNC1(C(N)=O)c1ccc(NC(=O)c2ccc(O)cc2Cl)cc1. The molecule has 150 valence electrons. The van der Waals surface area contributed by atoms with Crippen LogP contribution < -0.4 is 21.7 Å². The summed E-state index contributed by atoms with van der Waals surface area (Å²) in [6.07, 6.45) is 0. The van der Waals surface area contributed by atoms with Gasteiger partial charge in [0.05, 0.1) is 17.3 Å². The number of phenolic OH excluding ortho intramolecular Hbond substituents is 1. The number of carbonyl (C=O) groups is 3. The van der Waals surface area contributed by atoms with E-state index in [1.165, 1.54) is 25.2 Å². The van der Waals surface area contributed by atoms with Crippen LogP contribution in [0.15, 0.2) is 47.5 Å². The molecular formula is C19H18ClN5O4. The van der Waals surface area contributed by atoms with Gasteiger partial charge < -0.3 is 21.5 Å². The van der Waals surface area contributed by atoms with Gasteiger partial charge in [0.15, 0.2) is 5.54 Å². The molecule has 1 aliphatic heterocycles. The predicted molar refractivity (Wildman–Crippen MR) is 108 cm³/mol. The summed E-state index contributed by atoms with van der Waals surface area (Å²) in [4.78, 5) is 40.9. The van der Waals surface area contributed by atoms with Gasteiger partial charge in [0.2, 0.25) is 5.91 Å². The van der Waals surface area contributed by atoms with E-state index in [0.29, 0.717) is 11.3 Å². The average molecular weight is 416 g/mol. The minimum atomic E-state index is -1.57. The molecule has 9 nitrogen and oxygen atoms in total. The molecule has 0 radical (unpaired) electrons. The third-order valence-corrected chi connectivity index (χ3v) is 4.83. The number of benzene rings is 2. The first-order valence-corrected chi connectivity index (χ1v) is 8.89. The van der Waals surface area contributed by atoms with Crippen LogP contribution in [0.5, 0.6) is 5.75 Å². The van der Waals surface area contributed by atoms with Crippen molar-refractivity contribution in [3.8, 4) is 5.75 Å². The van der Waals surface area contributed by atoms with Crippen LogP contribution in [0.25, 0.3) is 0 Å². The zero-order valence-corrected chi connectivity index (χ0v) is 16.1. The number of aromatic hydroxyl groups is 1. The predicted octanol–water partition coefficient (Wildman–Crippen LogP) is 0.726. The van der Waals surface area contributed by atoms with Gasteiger partial charge in [0, 0.05) is 12.7 Å². The molecule has 29 heavy (non-hydrogen) atoms. The molecule has 1 atom stereocenters. The van der Waals surface area contributed by atoms with Gasteiger partial charge in [0.1, 0.15) is 11.5 Å². The summed E-state index contributed by atoms with van der Waals surface area (Å²) in [5.41, 5.74) is 5.04. The smallest absolute Gasteiger partial charge is 0.267 e. The van der Waals surface area contributed by atoms with E-state index in [2.05, 4.69) is 20.9 Å². The second-order valence-corrected chi connectivity index (χ2v) is 6.64. The van der Waals surface area contributed by atoms with E-state index < -0.39 is 23.3 Å². The van der Waals surface area contributed by atoms with E-state index in [0.717, 1.165) is 0 Å². The molecule has 6 N–H and O–H groups in total. The molecule has 0 fully saturated rings. The highest BCUT2D eigenvalue weighted by molar-refractivity contribution is 6.47. The average Bonchev–Trinajstić information content (AvgIpc) is 3.14. The lowest BCUT2D eigenvalue weighted by Gasteiger charge is -2.27. The summed E-state index contributed by atoms with van der Waals surface area (Å²) in [6.45, 7) is 0.0591. The summed E-state index contributed by atoms with van der Waals surface area (Å²) in [6, 6.07) is 10.3. The van der Waals surface area contributed by atoms with Gasteiger partial charge >= 0.3 is 0 Å². The lowest BCUT2D eigenvalue weighted by atomic mass is 9.84. The van der Waals surface area contributed by atoms with Crippen LogP contribution in [0.4, 0.5) is 5.69 Å². The topological polar surface area (TPSA) is 146 Å². The molecule has 3 amide bonds. The van der Waals surface area contributed by atoms with Gasteiger partial charge in [-0.2, -0.15) is 0 Å². The Morgan fingerprint density at radius 1 is 1.17 bits per heavy atom. The third kappa shape index (κ3) is 3.65. The number of nitrogens with two attached hydrogens (primary N) is 1. The fraction of sp³-hybridized carbons (Fsp3) is 0.158. The molecule has 1 unspecified atom stereocenters. The first-order valence-electron chi connectivity index (χ1n) is 8.52. The van der Waals surface area contributed by atoms with Gasteiger partial charge in [-0.05, 0) is 35.9 Å². The van der Waals surface area contributed by atoms with Gasteiger partial charge in [-0.25, -0.2) is 0 Å². The number of amides is 3. The number of phenols is 1. The molecule has 0 aromatic heterocycles. The lowest BCUT2D eigenvalue weighted by Crippen LogP contribution is -2.58. The van der Waals surface area contributed by atoms with Crippen molar-refractivity contribution < 1.29 is 19.5 Å². The maximum Gasteiger partial charge on any atom is 0.267 e. The number of nitrogens with one attached hydrogen (secondary N) is 3. The normalized spacial score (nSPS) is 18.1. The van der Waals surface area contributed by atoms with Crippen molar-refractivity contribution in [3.05, 3.63) is 58.6 Å². The van der Waals surface area contributed by atoms with Crippen molar-refractivity contribution >= 4 is 40.7 Å². The van der Waals surface area contributed by atoms with Gasteiger partial charge in [-0.15, -0.1) is 0 Å². The van der Waals surface area contributed by atoms with Gasteiger partial charge in [0.25, 0.3) is 11.8 Å². The van der Waals surface area contributed by atoms with Crippen LogP contribution in [-0.2, 0) is 15.1 Å². The van der Waals surface area contributed by atoms with E-state index in [4.69, 9.17) is 17.3 Å². The van der Waals surface area contributed by atoms with Crippen LogP contribution in [0.3, 0.4) is 0 Å². The molecule has 2 aromatic rings. The quantitative estimate of drug-likeness (QED) is 0.488. The number of rotatable bonds is 5. The molecule has 0 aliphatic carbocycles. The highest BCUT2D eigenvalue weighted by Crippen LogP contribution is 2.28. The van der Waals surface area contributed by atoms with Crippen molar-refractivity contribution in [2.75, 3.05) is 19.0 Å². The molecule has 3 rings (SSSR count). The Bertz CT molecular complexity index is 1020. The molecule has 0 spiro atoms. The fourth-order valence-electron chi connectivity index (χ4n) is 3.07. The number of anilines is 1. The maximum atomic E-state index is 12.4. The lowest BCUT2D eigenvalue weighted by molar-refractivity contribution is -0.123. The molecule has 2 aromatic carbocycles.